The van der Waals surface area contributed by atoms with E-state index >= 15 is 0 Å². The molecule has 0 aliphatic rings. The van der Waals surface area contributed by atoms with Crippen LogP contribution in [0.2, 0.25) is 5.15 Å². The minimum atomic E-state index is 0.287. The minimum Gasteiger partial charge on any atom is -0.369 e. The van der Waals surface area contributed by atoms with Gasteiger partial charge in [0.05, 0.1) is 0 Å². The average Bonchev–Trinajstić information content (AvgIpc) is 2.39. The Labute approximate surface area is 118 Å². The highest BCUT2D eigenvalue weighted by Crippen LogP contribution is 2.27. The van der Waals surface area contributed by atoms with Gasteiger partial charge in [0.1, 0.15) is 17.3 Å². The van der Waals surface area contributed by atoms with Crippen LogP contribution in [0.1, 0.15) is 30.9 Å². The van der Waals surface area contributed by atoms with Crippen molar-refractivity contribution in [3.8, 4) is 0 Å². The molecule has 2 aromatic rings. The quantitative estimate of drug-likeness (QED) is 0.852. The molecule has 0 bridgehead atoms. The summed E-state index contributed by atoms with van der Waals surface area (Å²) in [5.74, 6) is 1.11. The van der Waals surface area contributed by atoms with Crippen LogP contribution in [0.25, 0.3) is 0 Å². The molecule has 0 unspecified atom stereocenters. The maximum atomic E-state index is 6.12. The molecule has 1 N–H and O–H groups in total. The number of hydrogen-bond donors (Lipinski definition) is 1. The van der Waals surface area contributed by atoms with Crippen molar-refractivity contribution in [3.05, 3.63) is 47.1 Å². The summed E-state index contributed by atoms with van der Waals surface area (Å²) in [6.45, 7) is 4.95. The molecule has 0 amide bonds. The van der Waals surface area contributed by atoms with Crippen LogP contribution in [0.3, 0.4) is 0 Å². The Hall–Kier alpha value is -1.68. The van der Waals surface area contributed by atoms with Crippen LogP contribution in [0, 0.1) is 0 Å². The van der Waals surface area contributed by atoms with E-state index in [9.17, 15) is 0 Å². The van der Waals surface area contributed by atoms with Crippen molar-refractivity contribution in [2.24, 2.45) is 0 Å². The summed E-state index contributed by atoms with van der Waals surface area (Å²) in [7, 11) is 0. The minimum absolute atomic E-state index is 0.287. The Bertz CT molecular complexity index is 528. The van der Waals surface area contributed by atoms with Crippen molar-refractivity contribution < 1.29 is 0 Å². The number of halogens is 1. The number of nitrogens with one attached hydrogen (secondary N) is 1. The van der Waals surface area contributed by atoms with Crippen LogP contribution in [0.4, 0.5) is 5.82 Å². The van der Waals surface area contributed by atoms with E-state index in [2.05, 4.69) is 40.2 Å². The fourth-order valence-corrected chi connectivity index (χ4v) is 2.25. The maximum Gasteiger partial charge on any atom is 0.138 e. The van der Waals surface area contributed by atoms with Crippen LogP contribution < -0.4 is 5.32 Å². The Balaban J connectivity index is 2.02. The molecule has 19 heavy (non-hydrogen) atoms. The molecule has 0 fully saturated rings. The highest BCUT2D eigenvalue weighted by molar-refractivity contribution is 6.30. The van der Waals surface area contributed by atoms with Crippen molar-refractivity contribution in [2.75, 3.05) is 11.9 Å². The molecule has 0 aliphatic carbocycles. The Morgan fingerprint density at radius 1 is 1.32 bits per heavy atom. The Morgan fingerprint density at radius 3 is 2.84 bits per heavy atom. The van der Waals surface area contributed by atoms with Gasteiger partial charge in [-0.15, -0.1) is 0 Å². The van der Waals surface area contributed by atoms with Crippen molar-refractivity contribution in [1.29, 1.82) is 0 Å². The van der Waals surface area contributed by atoms with Crippen molar-refractivity contribution in [3.63, 3.8) is 0 Å². The van der Waals surface area contributed by atoms with E-state index < -0.39 is 0 Å². The molecular weight excluding hydrogens is 260 g/mol. The maximum absolute atomic E-state index is 6.12. The molecule has 0 saturated heterocycles. The molecule has 5 heteroatoms. The molecule has 0 radical (unpaired) electrons. The number of nitrogens with zero attached hydrogens (tertiary/aromatic N) is 3. The summed E-state index contributed by atoms with van der Waals surface area (Å²) in [6.07, 6.45) is 6.03. The SMILES string of the molecule is CC(C)c1c(Cl)ncnc1NCCc1cccnc1. The highest BCUT2D eigenvalue weighted by Gasteiger charge is 2.12. The average molecular weight is 277 g/mol. The third kappa shape index (κ3) is 3.64. The highest BCUT2D eigenvalue weighted by atomic mass is 35.5. The Kier molecular flexibility index (Phi) is 4.68. The number of aromatic nitrogens is 3. The van der Waals surface area contributed by atoms with E-state index in [0.717, 1.165) is 24.3 Å². The summed E-state index contributed by atoms with van der Waals surface area (Å²) in [6, 6.07) is 4.00. The summed E-state index contributed by atoms with van der Waals surface area (Å²) in [5.41, 5.74) is 2.16. The van der Waals surface area contributed by atoms with Gasteiger partial charge in [0.2, 0.25) is 0 Å². The van der Waals surface area contributed by atoms with E-state index in [4.69, 9.17) is 11.6 Å². The van der Waals surface area contributed by atoms with Gasteiger partial charge in [-0.25, -0.2) is 9.97 Å². The van der Waals surface area contributed by atoms with E-state index in [1.807, 2.05) is 12.3 Å². The van der Waals surface area contributed by atoms with Crippen LogP contribution in [0.15, 0.2) is 30.9 Å². The molecular formula is C14H17ClN4. The van der Waals surface area contributed by atoms with Gasteiger partial charge in [-0.1, -0.05) is 31.5 Å². The summed E-state index contributed by atoms with van der Waals surface area (Å²) >= 11 is 6.12. The normalized spacial score (nSPS) is 10.7. The molecule has 2 heterocycles. The second-order valence-corrected chi connectivity index (χ2v) is 4.98. The van der Waals surface area contributed by atoms with Gasteiger partial charge in [-0.2, -0.15) is 0 Å². The lowest BCUT2D eigenvalue weighted by atomic mass is 10.1. The molecule has 100 valence electrons. The zero-order valence-electron chi connectivity index (χ0n) is 11.1. The van der Waals surface area contributed by atoms with Crippen LogP contribution in [-0.2, 0) is 6.42 Å². The first kappa shape index (κ1) is 13.7. The number of anilines is 1. The van der Waals surface area contributed by atoms with Crippen LogP contribution in [-0.4, -0.2) is 21.5 Å². The molecule has 0 atom stereocenters. The van der Waals surface area contributed by atoms with Crippen molar-refractivity contribution >= 4 is 17.4 Å². The van der Waals surface area contributed by atoms with Gasteiger partial charge in [-0.05, 0) is 24.0 Å². The summed E-state index contributed by atoms with van der Waals surface area (Å²) in [4.78, 5) is 12.4. The zero-order chi connectivity index (χ0) is 13.7. The predicted octanol–water partition coefficient (Wildman–Crippen LogP) is 3.30. The van der Waals surface area contributed by atoms with Gasteiger partial charge >= 0.3 is 0 Å². The molecule has 0 spiro atoms. The van der Waals surface area contributed by atoms with E-state index in [1.165, 1.54) is 11.9 Å². The number of rotatable bonds is 5. The second-order valence-electron chi connectivity index (χ2n) is 4.62. The van der Waals surface area contributed by atoms with Gasteiger partial charge in [0.15, 0.2) is 0 Å². The van der Waals surface area contributed by atoms with Crippen molar-refractivity contribution in [1.82, 2.24) is 15.0 Å². The van der Waals surface area contributed by atoms with Crippen molar-refractivity contribution in [2.45, 2.75) is 26.2 Å². The van der Waals surface area contributed by atoms with Gasteiger partial charge in [-0.3, -0.25) is 4.98 Å². The molecule has 0 saturated carbocycles. The monoisotopic (exact) mass is 276 g/mol. The van der Waals surface area contributed by atoms with Gasteiger partial charge in [0.25, 0.3) is 0 Å². The Morgan fingerprint density at radius 2 is 2.16 bits per heavy atom. The van der Waals surface area contributed by atoms with E-state index in [1.54, 1.807) is 6.20 Å². The molecule has 0 aromatic carbocycles. The van der Waals surface area contributed by atoms with Gasteiger partial charge < -0.3 is 5.32 Å². The predicted molar refractivity (Wildman–Crippen MR) is 77.6 cm³/mol. The lowest BCUT2D eigenvalue weighted by Gasteiger charge is -2.14. The largest absolute Gasteiger partial charge is 0.369 e. The third-order valence-corrected chi connectivity index (χ3v) is 3.14. The molecule has 4 nitrogen and oxygen atoms in total. The molecule has 2 aromatic heterocycles. The fourth-order valence-electron chi connectivity index (χ4n) is 1.90. The lowest BCUT2D eigenvalue weighted by Crippen LogP contribution is -2.10. The zero-order valence-corrected chi connectivity index (χ0v) is 11.9. The van der Waals surface area contributed by atoms with Crippen LogP contribution >= 0.6 is 11.6 Å². The third-order valence-electron chi connectivity index (χ3n) is 2.84. The molecule has 0 aliphatic heterocycles. The fraction of sp³-hybridized carbons (Fsp3) is 0.357. The van der Waals surface area contributed by atoms with Gasteiger partial charge in [0, 0.05) is 24.5 Å². The smallest absolute Gasteiger partial charge is 0.138 e. The summed E-state index contributed by atoms with van der Waals surface area (Å²) < 4.78 is 0. The van der Waals surface area contributed by atoms with E-state index in [0.29, 0.717) is 5.15 Å². The number of pyridine rings is 1. The van der Waals surface area contributed by atoms with Crippen LogP contribution in [0.5, 0.6) is 0 Å². The number of hydrogen-bond acceptors (Lipinski definition) is 4. The molecule has 2 rings (SSSR count). The topological polar surface area (TPSA) is 50.7 Å². The summed E-state index contributed by atoms with van der Waals surface area (Å²) in [5, 5.41) is 3.84. The lowest BCUT2D eigenvalue weighted by molar-refractivity contribution is 0.842. The first-order valence-electron chi connectivity index (χ1n) is 6.31. The standard InChI is InChI=1S/C14H17ClN4/c1-10(2)12-13(15)18-9-19-14(12)17-7-5-11-4-3-6-16-8-11/h3-4,6,8-10H,5,7H2,1-2H3,(H,17,18,19). The second kappa shape index (κ2) is 6.48. The van der Waals surface area contributed by atoms with E-state index in [-0.39, 0.29) is 5.92 Å². The first-order valence-corrected chi connectivity index (χ1v) is 6.69. The first-order chi connectivity index (χ1) is 9.18.